The molecule has 88 valence electrons. The number of halogens is 2. The first-order chi connectivity index (χ1) is 7.68. The van der Waals surface area contributed by atoms with Crippen LogP contribution in [-0.2, 0) is 0 Å². The molecule has 1 saturated heterocycles. The minimum Gasteiger partial charge on any atom is -0.508 e. The molecule has 0 amide bonds. The molecule has 1 heterocycles. The largest absolute Gasteiger partial charge is 0.508 e. The molecule has 1 unspecified atom stereocenters. The predicted octanol–water partition coefficient (Wildman–Crippen LogP) is 3.14. The van der Waals surface area contributed by atoms with Crippen LogP contribution >= 0.6 is 0 Å². The van der Waals surface area contributed by atoms with Gasteiger partial charge >= 0.3 is 0 Å². The van der Waals surface area contributed by atoms with Crippen molar-refractivity contribution in [1.82, 2.24) is 5.32 Å². The predicted molar refractivity (Wildman–Crippen MR) is 57.7 cm³/mol. The molecule has 1 fully saturated rings. The average molecular weight is 227 g/mol. The van der Waals surface area contributed by atoms with E-state index in [2.05, 4.69) is 5.32 Å². The Bertz CT molecular complexity index is 362. The summed E-state index contributed by atoms with van der Waals surface area (Å²) in [7, 11) is 0. The highest BCUT2D eigenvalue weighted by Crippen LogP contribution is 2.32. The first-order valence-corrected chi connectivity index (χ1v) is 5.53. The lowest BCUT2D eigenvalue weighted by Crippen LogP contribution is -2.26. The number of alkyl halides is 2. The molecule has 4 heteroatoms. The number of piperidine rings is 1. The molecule has 1 aliphatic rings. The van der Waals surface area contributed by atoms with Crippen LogP contribution in [0.4, 0.5) is 8.78 Å². The van der Waals surface area contributed by atoms with E-state index < -0.39 is 6.43 Å². The van der Waals surface area contributed by atoms with Gasteiger partial charge in [-0.25, -0.2) is 8.78 Å². The van der Waals surface area contributed by atoms with Crippen LogP contribution in [0.2, 0.25) is 0 Å². The van der Waals surface area contributed by atoms with Crippen LogP contribution in [0.25, 0.3) is 0 Å². The van der Waals surface area contributed by atoms with Gasteiger partial charge in [0.15, 0.2) is 0 Å². The second-order valence-electron chi connectivity index (χ2n) is 4.12. The summed E-state index contributed by atoms with van der Waals surface area (Å²) < 4.78 is 24.8. The monoisotopic (exact) mass is 227 g/mol. The van der Waals surface area contributed by atoms with E-state index in [1.165, 1.54) is 6.07 Å². The Morgan fingerprint density at radius 2 is 2.12 bits per heavy atom. The van der Waals surface area contributed by atoms with Crippen molar-refractivity contribution < 1.29 is 13.9 Å². The third-order valence-electron chi connectivity index (χ3n) is 2.99. The summed E-state index contributed by atoms with van der Waals surface area (Å²) in [5.41, 5.74) is 0.598. The molecule has 2 nitrogen and oxygen atoms in total. The van der Waals surface area contributed by atoms with Crippen molar-refractivity contribution in [3.63, 3.8) is 0 Å². The molecule has 1 aliphatic heterocycles. The number of rotatable bonds is 2. The zero-order chi connectivity index (χ0) is 11.5. The lowest BCUT2D eigenvalue weighted by Gasteiger charge is -2.24. The van der Waals surface area contributed by atoms with Crippen LogP contribution in [0.3, 0.4) is 0 Å². The average Bonchev–Trinajstić information content (AvgIpc) is 2.30. The molecule has 0 bridgehead atoms. The van der Waals surface area contributed by atoms with E-state index >= 15 is 0 Å². The molecule has 0 saturated carbocycles. The summed E-state index contributed by atoms with van der Waals surface area (Å²) in [4.78, 5) is 0. The maximum absolute atomic E-state index is 12.4. The minimum absolute atomic E-state index is 0.0304. The zero-order valence-electron chi connectivity index (χ0n) is 8.92. The van der Waals surface area contributed by atoms with Crippen molar-refractivity contribution in [3.8, 4) is 5.75 Å². The third kappa shape index (κ3) is 2.32. The number of hydrogen-bond acceptors (Lipinski definition) is 2. The van der Waals surface area contributed by atoms with Crippen molar-refractivity contribution in [1.29, 1.82) is 0 Å². The van der Waals surface area contributed by atoms with Crippen LogP contribution in [0.1, 0.15) is 42.9 Å². The van der Waals surface area contributed by atoms with Gasteiger partial charge in [0.25, 0.3) is 6.43 Å². The molecule has 1 aromatic rings. The Labute approximate surface area is 93.3 Å². The fourth-order valence-corrected chi connectivity index (χ4v) is 2.11. The Hall–Kier alpha value is -1.16. The smallest absolute Gasteiger partial charge is 0.263 e. The van der Waals surface area contributed by atoms with Gasteiger partial charge in [-0.1, -0.05) is 18.6 Å². The Balaban J connectivity index is 2.21. The molecule has 0 spiro atoms. The van der Waals surface area contributed by atoms with Gasteiger partial charge in [-0.05, 0) is 25.5 Å². The molecule has 0 aromatic heterocycles. The molecule has 2 N–H and O–H groups in total. The maximum atomic E-state index is 12.4. The second kappa shape index (κ2) is 4.78. The molecule has 0 radical (unpaired) electrons. The SMILES string of the molecule is Oc1cc(C(F)F)ccc1C1CCCCN1. The van der Waals surface area contributed by atoms with E-state index in [-0.39, 0.29) is 17.4 Å². The lowest BCUT2D eigenvalue weighted by molar-refractivity contribution is 0.151. The number of benzene rings is 1. The van der Waals surface area contributed by atoms with E-state index in [0.717, 1.165) is 37.4 Å². The quantitative estimate of drug-likeness (QED) is 0.813. The van der Waals surface area contributed by atoms with Crippen LogP contribution in [0, 0.1) is 0 Å². The summed E-state index contributed by atoms with van der Waals surface area (Å²) in [5.74, 6) is -0.0304. The highest BCUT2D eigenvalue weighted by atomic mass is 19.3. The van der Waals surface area contributed by atoms with Crippen LogP contribution in [0.15, 0.2) is 18.2 Å². The van der Waals surface area contributed by atoms with Gasteiger partial charge in [0, 0.05) is 17.2 Å². The molecular formula is C12H15F2NO. The van der Waals surface area contributed by atoms with Crippen molar-refractivity contribution in [2.45, 2.75) is 31.7 Å². The summed E-state index contributed by atoms with van der Waals surface area (Å²) in [5, 5.41) is 13.0. The van der Waals surface area contributed by atoms with Crippen molar-refractivity contribution >= 4 is 0 Å². The topological polar surface area (TPSA) is 32.3 Å². The Morgan fingerprint density at radius 3 is 2.69 bits per heavy atom. The third-order valence-corrected chi connectivity index (χ3v) is 2.99. The van der Waals surface area contributed by atoms with Crippen molar-refractivity contribution in [3.05, 3.63) is 29.3 Å². The molecule has 1 atom stereocenters. The zero-order valence-corrected chi connectivity index (χ0v) is 8.92. The summed E-state index contributed by atoms with van der Waals surface area (Å²) in [6.45, 7) is 0.917. The number of aromatic hydroxyl groups is 1. The van der Waals surface area contributed by atoms with E-state index in [0.29, 0.717) is 0 Å². The summed E-state index contributed by atoms with van der Waals surface area (Å²) >= 11 is 0. The molecule has 2 rings (SSSR count). The van der Waals surface area contributed by atoms with Crippen molar-refractivity contribution in [2.24, 2.45) is 0 Å². The van der Waals surface area contributed by atoms with E-state index in [1.54, 1.807) is 6.07 Å². The van der Waals surface area contributed by atoms with Crippen LogP contribution in [0.5, 0.6) is 5.75 Å². The van der Waals surface area contributed by atoms with Crippen molar-refractivity contribution in [2.75, 3.05) is 6.54 Å². The first-order valence-electron chi connectivity index (χ1n) is 5.53. The van der Waals surface area contributed by atoms with Gasteiger partial charge < -0.3 is 10.4 Å². The molecule has 0 aliphatic carbocycles. The molecule has 1 aromatic carbocycles. The highest BCUT2D eigenvalue weighted by molar-refractivity contribution is 5.39. The van der Waals surface area contributed by atoms with E-state index in [9.17, 15) is 13.9 Å². The Morgan fingerprint density at radius 1 is 1.31 bits per heavy atom. The second-order valence-corrected chi connectivity index (χ2v) is 4.12. The first kappa shape index (κ1) is 11.3. The normalized spacial score (nSPS) is 21.3. The fourth-order valence-electron chi connectivity index (χ4n) is 2.11. The van der Waals surface area contributed by atoms with E-state index in [4.69, 9.17) is 0 Å². The van der Waals surface area contributed by atoms with Crippen LogP contribution in [-0.4, -0.2) is 11.7 Å². The summed E-state index contributed by atoms with van der Waals surface area (Å²) in [6, 6.07) is 4.24. The number of phenols is 1. The Kier molecular flexibility index (Phi) is 3.39. The number of nitrogens with one attached hydrogen (secondary N) is 1. The number of hydrogen-bond donors (Lipinski definition) is 2. The molecular weight excluding hydrogens is 212 g/mol. The standard InChI is InChI=1S/C12H15F2NO/c13-12(14)8-4-5-9(11(16)7-8)10-3-1-2-6-15-10/h4-5,7,10,12,15-16H,1-3,6H2. The highest BCUT2D eigenvalue weighted by Gasteiger charge is 2.19. The lowest BCUT2D eigenvalue weighted by atomic mass is 9.96. The molecule has 16 heavy (non-hydrogen) atoms. The van der Waals surface area contributed by atoms with Gasteiger partial charge in [0.05, 0.1) is 0 Å². The fraction of sp³-hybridized carbons (Fsp3) is 0.500. The van der Waals surface area contributed by atoms with Gasteiger partial charge in [0.2, 0.25) is 0 Å². The maximum Gasteiger partial charge on any atom is 0.263 e. The van der Waals surface area contributed by atoms with Gasteiger partial charge in [-0.15, -0.1) is 0 Å². The summed E-state index contributed by atoms with van der Waals surface area (Å²) in [6.07, 6.45) is 0.654. The minimum atomic E-state index is -2.53. The number of phenolic OH excluding ortho intramolecular Hbond substituents is 1. The van der Waals surface area contributed by atoms with Gasteiger partial charge in [-0.3, -0.25) is 0 Å². The van der Waals surface area contributed by atoms with Gasteiger partial charge in [0.1, 0.15) is 5.75 Å². The van der Waals surface area contributed by atoms with E-state index in [1.807, 2.05) is 0 Å². The van der Waals surface area contributed by atoms with Gasteiger partial charge in [-0.2, -0.15) is 0 Å². The van der Waals surface area contributed by atoms with Crippen LogP contribution < -0.4 is 5.32 Å².